The number of hydrazine groups is 1. The summed E-state index contributed by atoms with van der Waals surface area (Å²) in [6, 6.07) is 6.38. The summed E-state index contributed by atoms with van der Waals surface area (Å²) in [6.07, 6.45) is -3.90. The molecule has 2 rings (SSSR count). The number of benzene rings is 2. The predicted molar refractivity (Wildman–Crippen MR) is 124 cm³/mol. The minimum atomic E-state index is -4.57. The van der Waals surface area contributed by atoms with Gasteiger partial charge in [0.1, 0.15) is 0 Å². The van der Waals surface area contributed by atoms with Gasteiger partial charge in [-0.1, -0.05) is 46.1 Å². The zero-order valence-corrected chi connectivity index (χ0v) is 21.5. The predicted octanol–water partition coefficient (Wildman–Crippen LogP) is 6.24. The van der Waals surface area contributed by atoms with Crippen molar-refractivity contribution in [3.8, 4) is 0 Å². The third-order valence-corrected chi connectivity index (χ3v) is 7.40. The van der Waals surface area contributed by atoms with Crippen molar-refractivity contribution in [1.29, 1.82) is 0 Å². The number of alkyl halides is 3. The quantitative estimate of drug-likeness (QED) is 0.255. The molecule has 0 amide bonds. The van der Waals surface area contributed by atoms with Gasteiger partial charge < -0.3 is 4.90 Å². The van der Waals surface area contributed by atoms with Crippen LogP contribution in [-0.4, -0.2) is 28.1 Å². The maximum atomic E-state index is 13.0. The second-order valence-corrected chi connectivity index (χ2v) is 10.6. The van der Waals surface area contributed by atoms with Crippen molar-refractivity contribution in [2.45, 2.75) is 24.4 Å². The van der Waals surface area contributed by atoms with Crippen LogP contribution < -0.4 is 15.2 Å². The number of anilines is 1. The molecule has 0 saturated carbocycles. The molecule has 0 radical (unpaired) electrons. The fraction of sp³-hybridized carbons (Fsp3) is 0.333. The van der Waals surface area contributed by atoms with Crippen LogP contribution in [0.25, 0.3) is 0 Å². The summed E-state index contributed by atoms with van der Waals surface area (Å²) in [6.45, 7) is 2.72. The van der Waals surface area contributed by atoms with Gasteiger partial charge in [0.05, 0.1) is 26.2 Å². The molecule has 0 aromatic heterocycles. The second kappa shape index (κ2) is 11.0. The van der Waals surface area contributed by atoms with Crippen molar-refractivity contribution in [2.24, 2.45) is 0 Å². The van der Waals surface area contributed by atoms with Crippen LogP contribution >= 0.6 is 55.1 Å². The van der Waals surface area contributed by atoms with Crippen molar-refractivity contribution in [1.82, 2.24) is 10.3 Å². The molecule has 0 spiro atoms. The van der Waals surface area contributed by atoms with Crippen LogP contribution in [0, 0.1) is 0 Å². The van der Waals surface area contributed by atoms with E-state index in [0.717, 1.165) is 12.1 Å². The van der Waals surface area contributed by atoms with Gasteiger partial charge in [-0.2, -0.15) is 13.2 Å². The second-order valence-electron chi connectivity index (χ2n) is 6.38. The van der Waals surface area contributed by atoms with Gasteiger partial charge in [-0.15, -0.1) is 4.83 Å². The van der Waals surface area contributed by atoms with E-state index in [1.165, 1.54) is 6.07 Å². The Kier molecular flexibility index (Phi) is 9.51. The molecule has 0 heterocycles. The topological polar surface area (TPSA) is 61.4 Å². The lowest BCUT2D eigenvalue weighted by molar-refractivity contribution is -0.137. The van der Waals surface area contributed by atoms with E-state index in [9.17, 15) is 21.6 Å². The summed E-state index contributed by atoms with van der Waals surface area (Å²) in [5.41, 5.74) is 1.95. The lowest BCUT2D eigenvalue weighted by atomic mass is 10.1. The van der Waals surface area contributed by atoms with E-state index in [4.69, 9.17) is 23.2 Å². The van der Waals surface area contributed by atoms with Crippen LogP contribution in [0.5, 0.6) is 0 Å². The molecule has 5 nitrogen and oxygen atoms in total. The summed E-state index contributed by atoms with van der Waals surface area (Å²) in [4.78, 5) is 4.01. The van der Waals surface area contributed by atoms with Gasteiger partial charge in [-0.05, 0) is 52.7 Å². The van der Waals surface area contributed by atoms with Crippen molar-refractivity contribution in [3.63, 3.8) is 0 Å². The molecular weight excluding hydrogens is 610 g/mol. The fourth-order valence-corrected chi connectivity index (χ4v) is 5.85. The van der Waals surface area contributed by atoms with Gasteiger partial charge in [0.15, 0.2) is 0 Å². The highest BCUT2D eigenvalue weighted by molar-refractivity contribution is 9.11. The minimum absolute atomic E-state index is 0.0358. The number of hydrogen-bond donors (Lipinski definition) is 2. The maximum Gasteiger partial charge on any atom is 0.416 e. The van der Waals surface area contributed by atoms with E-state index in [1.807, 2.05) is 6.92 Å². The van der Waals surface area contributed by atoms with E-state index >= 15 is 0 Å². The Balaban J connectivity index is 2.11. The zero-order valence-electron chi connectivity index (χ0n) is 16.0. The first-order chi connectivity index (χ1) is 14.4. The van der Waals surface area contributed by atoms with Crippen LogP contribution in [-0.2, 0) is 16.2 Å². The molecule has 0 bridgehead atoms. The lowest BCUT2D eigenvalue weighted by Gasteiger charge is -2.27. The van der Waals surface area contributed by atoms with Gasteiger partial charge >= 0.3 is 6.18 Å². The number of hydrogen-bond acceptors (Lipinski definition) is 4. The van der Waals surface area contributed by atoms with Gasteiger partial charge in [-0.3, -0.25) is 0 Å². The van der Waals surface area contributed by atoms with Crippen LogP contribution in [0.2, 0.25) is 10.0 Å². The summed E-state index contributed by atoms with van der Waals surface area (Å²) < 4.78 is 64.9. The van der Waals surface area contributed by atoms with E-state index in [2.05, 4.69) is 42.1 Å². The molecule has 0 aliphatic heterocycles. The van der Waals surface area contributed by atoms with Gasteiger partial charge in [0, 0.05) is 28.6 Å². The van der Waals surface area contributed by atoms with Crippen LogP contribution in [0.15, 0.2) is 44.2 Å². The smallest absolute Gasteiger partial charge is 0.368 e. The Morgan fingerprint density at radius 3 is 2.23 bits per heavy atom. The van der Waals surface area contributed by atoms with Crippen LogP contribution in [0.4, 0.5) is 18.9 Å². The molecular formula is C18H18Br2Cl2F3N3O2S. The van der Waals surface area contributed by atoms with Gasteiger partial charge in [-0.25, -0.2) is 13.8 Å². The Hall–Kier alpha value is -0.560. The number of sulfonamides is 1. The lowest BCUT2D eigenvalue weighted by Crippen LogP contribution is -2.42. The Bertz CT molecular complexity index is 1020. The first-order valence-electron chi connectivity index (χ1n) is 8.87. The summed E-state index contributed by atoms with van der Waals surface area (Å²) in [5, 5.41) is -0.265. The van der Waals surface area contributed by atoms with E-state index in [1.54, 1.807) is 17.0 Å². The molecule has 172 valence electrons. The highest BCUT2D eigenvalue weighted by Gasteiger charge is 2.32. The Morgan fingerprint density at radius 2 is 1.68 bits per heavy atom. The first kappa shape index (κ1) is 26.7. The Labute approximate surface area is 205 Å². The normalized spacial score (nSPS) is 12.3. The molecule has 0 unspecified atom stereocenters. The number of nitrogens with zero attached hydrogens (tertiary/aromatic N) is 1. The van der Waals surface area contributed by atoms with E-state index < -0.39 is 21.8 Å². The third kappa shape index (κ3) is 7.21. The maximum absolute atomic E-state index is 13.0. The molecule has 31 heavy (non-hydrogen) atoms. The molecule has 2 aromatic carbocycles. The van der Waals surface area contributed by atoms with E-state index in [-0.39, 0.29) is 33.7 Å². The molecule has 2 aromatic rings. The van der Waals surface area contributed by atoms with Crippen LogP contribution in [0.3, 0.4) is 0 Å². The van der Waals surface area contributed by atoms with Gasteiger partial charge in [0.2, 0.25) is 0 Å². The van der Waals surface area contributed by atoms with Crippen molar-refractivity contribution < 1.29 is 21.6 Å². The van der Waals surface area contributed by atoms with Crippen molar-refractivity contribution in [2.75, 3.05) is 24.5 Å². The first-order valence-corrected chi connectivity index (χ1v) is 12.7. The standard InChI is InChI=1S/C18H18Br2Cl2F3N3O2S/c1-2-6-28(17-14(21)8-11(9-15(17)22)18(23,24)25)7-5-26-27-31(29,30)16-10-12(19)3-4-13(16)20/h3-4,8-10,26-27H,2,5-7H2,1H3. The number of rotatable bonds is 9. The van der Waals surface area contributed by atoms with Crippen molar-refractivity contribution in [3.05, 3.63) is 54.9 Å². The summed E-state index contributed by atoms with van der Waals surface area (Å²) >= 11 is 18.6. The Morgan fingerprint density at radius 1 is 1.06 bits per heavy atom. The highest BCUT2D eigenvalue weighted by atomic mass is 79.9. The number of nitrogens with one attached hydrogen (secondary N) is 2. The molecule has 0 fully saturated rings. The largest absolute Gasteiger partial charge is 0.416 e. The minimum Gasteiger partial charge on any atom is -0.368 e. The highest BCUT2D eigenvalue weighted by Crippen LogP contribution is 2.40. The zero-order chi connectivity index (χ0) is 23.4. The SMILES string of the molecule is CCCN(CCNNS(=O)(=O)c1cc(Br)ccc1Br)c1c(Cl)cc(C(F)(F)F)cc1Cl. The molecule has 0 aliphatic carbocycles. The number of halogens is 7. The van der Waals surface area contributed by atoms with Crippen molar-refractivity contribution >= 4 is 70.8 Å². The van der Waals surface area contributed by atoms with E-state index in [0.29, 0.717) is 21.9 Å². The van der Waals surface area contributed by atoms with Gasteiger partial charge in [0.25, 0.3) is 10.0 Å². The summed E-state index contributed by atoms with van der Waals surface area (Å²) in [5.74, 6) is 0. The molecule has 0 saturated heterocycles. The molecule has 13 heteroatoms. The molecule has 2 N–H and O–H groups in total. The molecule has 0 atom stereocenters. The monoisotopic (exact) mass is 625 g/mol. The summed E-state index contributed by atoms with van der Waals surface area (Å²) in [7, 11) is -3.86. The van der Waals surface area contributed by atoms with Crippen LogP contribution in [0.1, 0.15) is 18.9 Å². The fourth-order valence-electron chi connectivity index (χ4n) is 2.71. The third-order valence-electron chi connectivity index (χ3n) is 4.05. The average Bonchev–Trinajstić information content (AvgIpc) is 2.65. The average molecular weight is 628 g/mol. The molecule has 0 aliphatic rings.